The van der Waals surface area contributed by atoms with Crippen LogP contribution in [0.5, 0.6) is 5.75 Å². The molecule has 0 radical (unpaired) electrons. The van der Waals surface area contributed by atoms with E-state index < -0.39 is 0 Å². The quantitative estimate of drug-likeness (QED) is 0.880. The topological polar surface area (TPSA) is 83.6 Å². The predicted octanol–water partition coefficient (Wildman–Crippen LogP) is 2.11. The molecule has 1 aromatic carbocycles. The molecule has 2 aromatic rings. The average Bonchev–Trinajstić information content (AvgIpc) is 2.59. The van der Waals surface area contributed by atoms with Gasteiger partial charge in [-0.3, -0.25) is 9.78 Å². The molecule has 0 aliphatic carbocycles. The van der Waals surface area contributed by atoms with Crippen LogP contribution in [0.3, 0.4) is 0 Å². The monoisotopic (exact) mass is 328 g/mol. The molecule has 0 atom stereocenters. The molecule has 24 heavy (non-hydrogen) atoms. The maximum Gasteiger partial charge on any atom is 0.317 e. The maximum absolute atomic E-state index is 12.3. The van der Waals surface area contributed by atoms with Crippen molar-refractivity contribution in [3.8, 4) is 5.75 Å². The zero-order valence-electron chi connectivity index (χ0n) is 13.9. The van der Waals surface area contributed by atoms with Crippen LogP contribution in [0, 0.1) is 0 Å². The third-order valence-corrected chi connectivity index (χ3v) is 3.23. The van der Waals surface area contributed by atoms with E-state index >= 15 is 0 Å². The number of pyridine rings is 1. The third kappa shape index (κ3) is 4.70. The molecule has 7 nitrogen and oxygen atoms in total. The standard InChI is InChI=1S/C17H20N4O3/c1-21(2)17(23)19-11-14-9-12(7-8-18-14)16(22)20-13-5-4-6-15(10-13)24-3/h4-10H,11H2,1-3H3,(H,19,23)(H,20,22). The number of ether oxygens (including phenoxy) is 1. The van der Waals surface area contributed by atoms with Crippen LogP contribution in [-0.4, -0.2) is 43.0 Å². The summed E-state index contributed by atoms with van der Waals surface area (Å²) < 4.78 is 5.13. The van der Waals surface area contributed by atoms with Gasteiger partial charge in [-0.15, -0.1) is 0 Å². The number of nitrogens with zero attached hydrogens (tertiary/aromatic N) is 2. The first-order valence-electron chi connectivity index (χ1n) is 7.35. The molecule has 0 aliphatic rings. The average molecular weight is 328 g/mol. The Morgan fingerprint density at radius 3 is 2.71 bits per heavy atom. The smallest absolute Gasteiger partial charge is 0.317 e. The highest BCUT2D eigenvalue weighted by molar-refractivity contribution is 6.04. The maximum atomic E-state index is 12.3. The lowest BCUT2D eigenvalue weighted by Crippen LogP contribution is -2.34. The zero-order valence-corrected chi connectivity index (χ0v) is 13.9. The highest BCUT2D eigenvalue weighted by atomic mass is 16.5. The lowest BCUT2D eigenvalue weighted by molar-refractivity contribution is 0.102. The second kappa shape index (κ2) is 7.96. The van der Waals surface area contributed by atoms with Crippen LogP contribution >= 0.6 is 0 Å². The van der Waals surface area contributed by atoms with Crippen molar-refractivity contribution in [2.24, 2.45) is 0 Å². The minimum absolute atomic E-state index is 0.219. The van der Waals surface area contributed by atoms with E-state index in [0.717, 1.165) is 0 Å². The molecule has 2 rings (SSSR count). The Labute approximate surface area is 140 Å². The van der Waals surface area contributed by atoms with Crippen molar-refractivity contribution >= 4 is 17.6 Å². The van der Waals surface area contributed by atoms with Crippen LogP contribution in [0.1, 0.15) is 16.1 Å². The van der Waals surface area contributed by atoms with E-state index in [1.807, 2.05) is 0 Å². The van der Waals surface area contributed by atoms with E-state index in [9.17, 15) is 9.59 Å². The van der Waals surface area contributed by atoms with Crippen molar-refractivity contribution in [2.75, 3.05) is 26.5 Å². The highest BCUT2D eigenvalue weighted by Crippen LogP contribution is 2.17. The normalized spacial score (nSPS) is 9.96. The van der Waals surface area contributed by atoms with Crippen LogP contribution in [0.2, 0.25) is 0 Å². The Kier molecular flexibility index (Phi) is 5.73. The SMILES string of the molecule is COc1cccc(NC(=O)c2ccnc(CNC(=O)N(C)C)c2)c1. The number of rotatable bonds is 5. The zero-order chi connectivity index (χ0) is 17.5. The van der Waals surface area contributed by atoms with Crippen LogP contribution in [0.4, 0.5) is 10.5 Å². The van der Waals surface area contributed by atoms with Crippen LogP contribution < -0.4 is 15.4 Å². The Bertz CT molecular complexity index is 731. The predicted molar refractivity (Wildman–Crippen MR) is 91.1 cm³/mol. The number of methoxy groups -OCH3 is 1. The lowest BCUT2D eigenvalue weighted by atomic mass is 10.2. The summed E-state index contributed by atoms with van der Waals surface area (Å²) in [5.41, 5.74) is 1.70. The third-order valence-electron chi connectivity index (χ3n) is 3.23. The summed E-state index contributed by atoms with van der Waals surface area (Å²) in [4.78, 5) is 29.5. The fourth-order valence-electron chi connectivity index (χ4n) is 1.94. The van der Waals surface area contributed by atoms with E-state index in [0.29, 0.717) is 22.7 Å². The Morgan fingerprint density at radius 2 is 2.00 bits per heavy atom. The first-order chi connectivity index (χ1) is 11.5. The second-order valence-corrected chi connectivity index (χ2v) is 5.28. The first kappa shape index (κ1) is 17.3. The molecule has 2 N–H and O–H groups in total. The molecule has 0 bridgehead atoms. The number of carbonyl (C=O) groups excluding carboxylic acids is 2. The molecule has 0 saturated carbocycles. The summed E-state index contributed by atoms with van der Waals surface area (Å²) in [6.07, 6.45) is 1.54. The molecule has 3 amide bonds. The van der Waals surface area contributed by atoms with Gasteiger partial charge in [0.15, 0.2) is 0 Å². The van der Waals surface area contributed by atoms with Crippen molar-refractivity contribution in [1.82, 2.24) is 15.2 Å². The summed E-state index contributed by atoms with van der Waals surface area (Å²) >= 11 is 0. The summed E-state index contributed by atoms with van der Waals surface area (Å²) in [5, 5.41) is 5.51. The number of urea groups is 1. The fraction of sp³-hybridized carbons (Fsp3) is 0.235. The molecule has 0 aliphatic heterocycles. The van der Waals surface area contributed by atoms with Gasteiger partial charge in [0, 0.05) is 37.6 Å². The minimum atomic E-state index is -0.258. The largest absolute Gasteiger partial charge is 0.497 e. The van der Waals surface area contributed by atoms with Gasteiger partial charge >= 0.3 is 6.03 Å². The molecular weight excluding hydrogens is 308 g/mol. The lowest BCUT2D eigenvalue weighted by Gasteiger charge is -2.12. The van der Waals surface area contributed by atoms with Gasteiger partial charge in [-0.1, -0.05) is 6.07 Å². The number of nitrogens with one attached hydrogen (secondary N) is 2. The van der Waals surface area contributed by atoms with E-state index in [1.165, 1.54) is 11.1 Å². The number of amides is 3. The summed E-state index contributed by atoms with van der Waals surface area (Å²) in [7, 11) is 4.87. The van der Waals surface area contributed by atoms with Crippen molar-refractivity contribution in [1.29, 1.82) is 0 Å². The molecule has 1 aromatic heterocycles. The Hall–Kier alpha value is -3.09. The van der Waals surface area contributed by atoms with Gasteiger partial charge in [0.05, 0.1) is 19.3 Å². The van der Waals surface area contributed by atoms with Crippen molar-refractivity contribution < 1.29 is 14.3 Å². The molecule has 0 fully saturated rings. The summed E-state index contributed by atoms with van der Waals surface area (Å²) in [6.45, 7) is 0.247. The van der Waals surface area contributed by atoms with Gasteiger partial charge in [0.2, 0.25) is 0 Å². The van der Waals surface area contributed by atoms with E-state index in [-0.39, 0.29) is 18.5 Å². The van der Waals surface area contributed by atoms with Gasteiger partial charge in [-0.25, -0.2) is 4.79 Å². The van der Waals surface area contributed by atoms with Gasteiger partial charge in [0.1, 0.15) is 5.75 Å². The van der Waals surface area contributed by atoms with E-state index in [2.05, 4.69) is 15.6 Å². The number of carbonyl (C=O) groups is 2. The van der Waals surface area contributed by atoms with Crippen molar-refractivity contribution in [3.63, 3.8) is 0 Å². The van der Waals surface area contributed by atoms with Gasteiger partial charge in [-0.05, 0) is 24.3 Å². The number of aromatic nitrogens is 1. The number of hydrogen-bond acceptors (Lipinski definition) is 4. The summed E-state index contributed by atoms with van der Waals surface area (Å²) in [6, 6.07) is 10.1. The molecule has 7 heteroatoms. The van der Waals surface area contributed by atoms with E-state index in [4.69, 9.17) is 4.74 Å². The molecule has 1 heterocycles. The number of hydrogen-bond donors (Lipinski definition) is 2. The molecule has 0 saturated heterocycles. The summed E-state index contributed by atoms with van der Waals surface area (Å²) in [5.74, 6) is 0.403. The van der Waals surface area contributed by atoms with Gasteiger partial charge < -0.3 is 20.3 Å². The van der Waals surface area contributed by atoms with Crippen LogP contribution in [0.15, 0.2) is 42.6 Å². The fourth-order valence-corrected chi connectivity index (χ4v) is 1.94. The van der Waals surface area contributed by atoms with Gasteiger partial charge in [0.25, 0.3) is 5.91 Å². The minimum Gasteiger partial charge on any atom is -0.497 e. The molecule has 126 valence electrons. The molecule has 0 unspecified atom stereocenters. The molecular formula is C17H20N4O3. The van der Waals surface area contributed by atoms with Crippen LogP contribution in [0.25, 0.3) is 0 Å². The number of benzene rings is 1. The highest BCUT2D eigenvalue weighted by Gasteiger charge is 2.09. The number of anilines is 1. The van der Waals surface area contributed by atoms with Crippen molar-refractivity contribution in [2.45, 2.75) is 6.54 Å². The second-order valence-electron chi connectivity index (χ2n) is 5.28. The Balaban J connectivity index is 2.04. The van der Waals surface area contributed by atoms with Gasteiger partial charge in [-0.2, -0.15) is 0 Å². The van der Waals surface area contributed by atoms with Crippen LogP contribution in [-0.2, 0) is 6.54 Å². The Morgan fingerprint density at radius 1 is 1.21 bits per heavy atom. The molecule has 0 spiro atoms. The van der Waals surface area contributed by atoms with Crippen molar-refractivity contribution in [3.05, 3.63) is 53.9 Å². The first-order valence-corrected chi connectivity index (χ1v) is 7.35. The van der Waals surface area contributed by atoms with E-state index in [1.54, 1.807) is 57.6 Å².